The fourth-order valence-corrected chi connectivity index (χ4v) is 7.36. The molecule has 12 heteroatoms. The SMILES string of the molecule is CSc1ncn2cc(C3=C(C(=O)O)N4C(=O)[C@H]([C@@H](C)O)[C@@H]4[C@@]3(C)CCOC(=O)OCCCC(C)C)sc12. The van der Waals surface area contributed by atoms with Gasteiger partial charge in [-0.15, -0.1) is 23.1 Å². The average Bonchev–Trinajstić information content (AvgIpc) is 3.45. The van der Waals surface area contributed by atoms with Crippen LogP contribution in [0.3, 0.4) is 0 Å². The lowest BCUT2D eigenvalue weighted by molar-refractivity contribution is -0.167. The van der Waals surface area contributed by atoms with E-state index in [2.05, 4.69) is 18.8 Å². The van der Waals surface area contributed by atoms with Crippen molar-refractivity contribution in [1.29, 1.82) is 0 Å². The number of aromatic nitrogens is 2. The maximum Gasteiger partial charge on any atom is 0.508 e. The number of β-lactam (4-membered cyclic amide) rings is 1. The molecular formula is C25H33N3O7S2. The van der Waals surface area contributed by atoms with Crippen molar-refractivity contribution in [3.8, 4) is 0 Å². The van der Waals surface area contributed by atoms with Crippen molar-refractivity contribution in [3.05, 3.63) is 23.1 Å². The number of aliphatic hydroxyl groups excluding tert-OH is 1. The predicted octanol–water partition coefficient (Wildman–Crippen LogP) is 4.12. The topological polar surface area (TPSA) is 131 Å². The number of ether oxygens (including phenoxy) is 2. The Bertz CT molecular complexity index is 1230. The van der Waals surface area contributed by atoms with Crippen molar-refractivity contribution in [2.75, 3.05) is 19.5 Å². The Morgan fingerprint density at radius 1 is 1.27 bits per heavy atom. The smallest absolute Gasteiger partial charge is 0.477 e. The van der Waals surface area contributed by atoms with Gasteiger partial charge in [-0.05, 0) is 38.4 Å². The first-order valence-corrected chi connectivity index (χ1v) is 14.3. The number of aliphatic carboxylic acids is 1. The minimum atomic E-state index is -1.21. The number of nitrogens with zero attached hydrogens (tertiary/aromatic N) is 3. The molecule has 2 aromatic heterocycles. The third-order valence-electron chi connectivity index (χ3n) is 7.17. The summed E-state index contributed by atoms with van der Waals surface area (Å²) in [6.07, 6.45) is 5.61. The number of rotatable bonds is 11. The van der Waals surface area contributed by atoms with E-state index >= 15 is 0 Å². The minimum Gasteiger partial charge on any atom is -0.477 e. The van der Waals surface area contributed by atoms with Gasteiger partial charge >= 0.3 is 12.1 Å². The van der Waals surface area contributed by atoms with E-state index in [4.69, 9.17) is 9.47 Å². The summed E-state index contributed by atoms with van der Waals surface area (Å²) in [6, 6.07) is -0.577. The third-order valence-corrected chi connectivity index (χ3v) is 9.11. The van der Waals surface area contributed by atoms with Gasteiger partial charge in [-0.1, -0.05) is 20.8 Å². The summed E-state index contributed by atoms with van der Waals surface area (Å²) >= 11 is 2.89. The van der Waals surface area contributed by atoms with E-state index in [1.807, 2.05) is 23.8 Å². The van der Waals surface area contributed by atoms with E-state index in [0.717, 1.165) is 22.7 Å². The molecule has 0 unspecified atom stereocenters. The zero-order valence-electron chi connectivity index (χ0n) is 21.6. The lowest BCUT2D eigenvalue weighted by Crippen LogP contribution is -2.66. The van der Waals surface area contributed by atoms with Gasteiger partial charge in [-0.3, -0.25) is 9.20 Å². The molecule has 0 spiro atoms. The van der Waals surface area contributed by atoms with Crippen molar-refractivity contribution in [2.45, 2.75) is 64.1 Å². The quantitative estimate of drug-likeness (QED) is 0.183. The van der Waals surface area contributed by atoms with Gasteiger partial charge in [0, 0.05) is 17.2 Å². The van der Waals surface area contributed by atoms with Gasteiger partial charge in [0.25, 0.3) is 0 Å². The standard InChI is InChI=1S/C25H33N3O7S2/c1-13(2)7-6-9-34-24(33)35-10-8-25(4)17(15-11-27-12-26-20(36-5)22(27)37-15)18(23(31)32)28-19(25)16(14(3)29)21(28)30/h11-14,16,19,29H,6-10H2,1-5H3,(H,31,32)/t14-,16-,19-,25+/m1/s1. The molecule has 4 heterocycles. The van der Waals surface area contributed by atoms with Gasteiger partial charge in [0.15, 0.2) is 0 Å². The summed E-state index contributed by atoms with van der Waals surface area (Å²) in [5.74, 6) is -1.88. The molecule has 0 aliphatic carbocycles. The highest BCUT2D eigenvalue weighted by Gasteiger charge is 2.66. The highest BCUT2D eigenvalue weighted by molar-refractivity contribution is 7.98. The molecule has 2 aliphatic heterocycles. The highest BCUT2D eigenvalue weighted by Crippen LogP contribution is 2.60. The Kier molecular flexibility index (Phi) is 7.91. The van der Waals surface area contributed by atoms with E-state index < -0.39 is 41.5 Å². The molecule has 37 heavy (non-hydrogen) atoms. The highest BCUT2D eigenvalue weighted by atomic mass is 32.2. The van der Waals surface area contributed by atoms with E-state index in [1.165, 1.54) is 34.9 Å². The Labute approximate surface area is 223 Å². The van der Waals surface area contributed by atoms with Gasteiger partial charge in [-0.2, -0.15) is 0 Å². The number of imidazole rings is 1. The molecule has 4 atom stereocenters. The third kappa shape index (κ3) is 4.86. The number of aliphatic hydroxyl groups is 1. The predicted molar refractivity (Wildman–Crippen MR) is 139 cm³/mol. The summed E-state index contributed by atoms with van der Waals surface area (Å²) in [5.41, 5.74) is -0.484. The number of carbonyl (C=O) groups is 3. The molecule has 2 aromatic rings. The van der Waals surface area contributed by atoms with Crippen LogP contribution in [0.4, 0.5) is 4.79 Å². The number of carbonyl (C=O) groups excluding carboxylic acids is 2. The van der Waals surface area contributed by atoms with Gasteiger partial charge in [-0.25, -0.2) is 14.6 Å². The fourth-order valence-electron chi connectivity index (χ4n) is 5.40. The minimum absolute atomic E-state index is 0.0249. The van der Waals surface area contributed by atoms with Crippen LogP contribution in [-0.2, 0) is 19.1 Å². The van der Waals surface area contributed by atoms with E-state index in [9.17, 15) is 24.6 Å². The van der Waals surface area contributed by atoms with Gasteiger partial charge < -0.3 is 24.6 Å². The van der Waals surface area contributed by atoms with Crippen molar-refractivity contribution in [2.24, 2.45) is 17.3 Å². The molecule has 0 radical (unpaired) electrons. The summed E-state index contributed by atoms with van der Waals surface area (Å²) in [5, 5.41) is 21.4. The molecule has 10 nitrogen and oxygen atoms in total. The number of hydrogen-bond donors (Lipinski definition) is 2. The number of amides is 1. The molecule has 0 aromatic carbocycles. The average molecular weight is 552 g/mol. The first-order valence-electron chi connectivity index (χ1n) is 12.3. The summed E-state index contributed by atoms with van der Waals surface area (Å²) in [6.45, 7) is 7.85. The molecule has 1 amide bonds. The van der Waals surface area contributed by atoms with Crippen molar-refractivity contribution in [1.82, 2.24) is 14.3 Å². The van der Waals surface area contributed by atoms with Crippen LogP contribution in [0, 0.1) is 17.3 Å². The molecule has 202 valence electrons. The number of carboxylic acid groups (broad SMARTS) is 1. The normalized spacial score (nSPS) is 24.0. The van der Waals surface area contributed by atoms with E-state index in [1.54, 1.807) is 6.33 Å². The first-order chi connectivity index (χ1) is 17.5. The zero-order chi connectivity index (χ0) is 27.1. The molecule has 1 saturated heterocycles. The van der Waals surface area contributed by atoms with E-state index in [0.29, 0.717) is 16.4 Å². The number of carboxylic acids is 1. The zero-order valence-corrected chi connectivity index (χ0v) is 23.2. The Morgan fingerprint density at radius 2 is 1.97 bits per heavy atom. The number of thiazole rings is 1. The van der Waals surface area contributed by atoms with Crippen LogP contribution in [0.5, 0.6) is 0 Å². The maximum atomic E-state index is 13.0. The molecule has 1 fully saturated rings. The summed E-state index contributed by atoms with van der Waals surface area (Å²) in [7, 11) is 0. The molecule has 2 N–H and O–H groups in total. The number of thioether (sulfide) groups is 1. The van der Waals surface area contributed by atoms with Crippen LogP contribution >= 0.6 is 23.1 Å². The van der Waals surface area contributed by atoms with Gasteiger partial charge in [0.2, 0.25) is 5.91 Å². The van der Waals surface area contributed by atoms with E-state index in [-0.39, 0.29) is 25.3 Å². The first kappa shape index (κ1) is 27.5. The maximum absolute atomic E-state index is 13.0. The summed E-state index contributed by atoms with van der Waals surface area (Å²) in [4.78, 5) is 44.9. The molecule has 4 rings (SSSR count). The van der Waals surface area contributed by atoms with Crippen molar-refractivity contribution < 1.29 is 34.1 Å². The van der Waals surface area contributed by atoms with Crippen LogP contribution < -0.4 is 0 Å². The Hall–Kier alpha value is -2.57. The van der Waals surface area contributed by atoms with Gasteiger partial charge in [0.05, 0.1) is 36.2 Å². The monoisotopic (exact) mass is 551 g/mol. The van der Waals surface area contributed by atoms with Crippen LogP contribution in [0.2, 0.25) is 0 Å². The molecule has 0 saturated carbocycles. The molecular weight excluding hydrogens is 518 g/mol. The largest absolute Gasteiger partial charge is 0.508 e. The Morgan fingerprint density at radius 3 is 2.59 bits per heavy atom. The second-order valence-corrected chi connectivity index (χ2v) is 12.0. The molecule has 2 aliphatic rings. The van der Waals surface area contributed by atoms with Crippen molar-refractivity contribution >= 4 is 51.5 Å². The number of hydrogen-bond acceptors (Lipinski definition) is 9. The van der Waals surface area contributed by atoms with Crippen LogP contribution in [-0.4, -0.2) is 74.1 Å². The van der Waals surface area contributed by atoms with Crippen molar-refractivity contribution in [3.63, 3.8) is 0 Å². The lowest BCUT2D eigenvalue weighted by atomic mass is 9.66. The second-order valence-electron chi connectivity index (χ2n) is 10.2. The second kappa shape index (κ2) is 10.7. The lowest BCUT2D eigenvalue weighted by Gasteiger charge is -2.50. The van der Waals surface area contributed by atoms with Gasteiger partial charge in [0.1, 0.15) is 21.9 Å². The van der Waals surface area contributed by atoms with Crippen LogP contribution in [0.1, 0.15) is 51.8 Å². The van der Waals surface area contributed by atoms with Crippen LogP contribution in [0.25, 0.3) is 10.4 Å². The van der Waals surface area contributed by atoms with Crippen LogP contribution in [0.15, 0.2) is 23.2 Å². The molecule has 0 bridgehead atoms. The fraction of sp³-hybridized carbons (Fsp3) is 0.600. The number of fused-ring (bicyclic) bond motifs is 2. The Balaban J connectivity index is 1.64. The summed E-state index contributed by atoms with van der Waals surface area (Å²) < 4.78 is 12.4.